The second-order valence-corrected chi connectivity index (χ2v) is 3.00. The molecule has 3 heteroatoms. The molecule has 0 aliphatic heterocycles. The molecule has 0 atom stereocenters. The van der Waals surface area contributed by atoms with Gasteiger partial charge in [0.15, 0.2) is 0 Å². The monoisotopic (exact) mass is 187 g/mol. The van der Waals surface area contributed by atoms with Gasteiger partial charge < -0.3 is 10.1 Å². The van der Waals surface area contributed by atoms with E-state index in [1.165, 1.54) is 0 Å². The fourth-order valence-electron chi connectivity index (χ4n) is 0.972. The molecular formula is C10H21NO2. The lowest BCUT2D eigenvalue weighted by Gasteiger charge is -2.04. The van der Waals surface area contributed by atoms with Gasteiger partial charge in [-0.15, -0.1) is 0 Å². The number of nitrogens with one attached hydrogen (secondary N) is 1. The summed E-state index contributed by atoms with van der Waals surface area (Å²) in [5, 5.41) is 2.86. The molecule has 0 heterocycles. The molecule has 0 rings (SSSR count). The third-order valence-corrected chi connectivity index (χ3v) is 1.75. The standard InChI is InChI=1S/C10H21NO2/c1-3-5-7-10(12)11-8-6-9-13-4-2/h3-9H2,1-2H3,(H,11,12). The Balaban J connectivity index is 3.08. The molecule has 0 radical (unpaired) electrons. The van der Waals surface area contributed by atoms with Crippen LogP contribution in [-0.4, -0.2) is 25.7 Å². The van der Waals surface area contributed by atoms with Crippen molar-refractivity contribution in [1.29, 1.82) is 0 Å². The van der Waals surface area contributed by atoms with Gasteiger partial charge in [-0.25, -0.2) is 0 Å². The second-order valence-electron chi connectivity index (χ2n) is 3.00. The Morgan fingerprint density at radius 1 is 1.31 bits per heavy atom. The zero-order valence-corrected chi connectivity index (χ0v) is 8.77. The van der Waals surface area contributed by atoms with Crippen molar-refractivity contribution in [1.82, 2.24) is 5.32 Å². The molecule has 78 valence electrons. The molecule has 3 nitrogen and oxygen atoms in total. The molecule has 0 aromatic rings. The van der Waals surface area contributed by atoms with Crippen LogP contribution in [0, 0.1) is 0 Å². The van der Waals surface area contributed by atoms with Crippen LogP contribution >= 0.6 is 0 Å². The molecular weight excluding hydrogens is 166 g/mol. The molecule has 0 aliphatic carbocycles. The first-order valence-electron chi connectivity index (χ1n) is 5.15. The molecule has 0 aromatic carbocycles. The van der Waals surface area contributed by atoms with Crippen molar-refractivity contribution in [2.24, 2.45) is 0 Å². The Bertz CT molecular complexity index is 126. The fraction of sp³-hybridized carbons (Fsp3) is 0.900. The summed E-state index contributed by atoms with van der Waals surface area (Å²) in [5.41, 5.74) is 0. The van der Waals surface area contributed by atoms with Gasteiger partial charge in [-0.05, 0) is 19.8 Å². The number of ether oxygens (including phenoxy) is 1. The van der Waals surface area contributed by atoms with Gasteiger partial charge in [0.2, 0.25) is 5.91 Å². The van der Waals surface area contributed by atoms with Crippen LogP contribution in [0.5, 0.6) is 0 Å². The summed E-state index contributed by atoms with van der Waals surface area (Å²) in [7, 11) is 0. The van der Waals surface area contributed by atoms with Crippen molar-refractivity contribution in [3.05, 3.63) is 0 Å². The van der Waals surface area contributed by atoms with Crippen LogP contribution in [0.1, 0.15) is 39.5 Å². The summed E-state index contributed by atoms with van der Waals surface area (Å²) in [4.78, 5) is 11.1. The highest BCUT2D eigenvalue weighted by Gasteiger charge is 1.97. The zero-order chi connectivity index (χ0) is 9.94. The maximum absolute atomic E-state index is 11.1. The minimum atomic E-state index is 0.165. The molecule has 1 N–H and O–H groups in total. The summed E-state index contributed by atoms with van der Waals surface area (Å²) in [6.45, 7) is 6.29. The van der Waals surface area contributed by atoms with Crippen LogP contribution in [-0.2, 0) is 9.53 Å². The molecule has 0 bridgehead atoms. The third kappa shape index (κ3) is 9.34. The van der Waals surface area contributed by atoms with Gasteiger partial charge in [-0.2, -0.15) is 0 Å². The summed E-state index contributed by atoms with van der Waals surface area (Å²) in [5.74, 6) is 0.165. The van der Waals surface area contributed by atoms with Crippen LogP contribution in [0.15, 0.2) is 0 Å². The first-order chi connectivity index (χ1) is 6.31. The molecule has 0 spiro atoms. The topological polar surface area (TPSA) is 38.3 Å². The van der Waals surface area contributed by atoms with Gasteiger partial charge >= 0.3 is 0 Å². The summed E-state index contributed by atoms with van der Waals surface area (Å²) in [6, 6.07) is 0. The number of rotatable bonds is 8. The van der Waals surface area contributed by atoms with Crippen LogP contribution in [0.25, 0.3) is 0 Å². The Morgan fingerprint density at radius 2 is 2.08 bits per heavy atom. The van der Waals surface area contributed by atoms with Gasteiger partial charge in [0.1, 0.15) is 0 Å². The van der Waals surface area contributed by atoms with E-state index >= 15 is 0 Å². The SMILES string of the molecule is CCCCC(=O)NCCCOCC. The average Bonchev–Trinajstić information content (AvgIpc) is 2.14. The summed E-state index contributed by atoms with van der Waals surface area (Å²) >= 11 is 0. The van der Waals surface area contributed by atoms with E-state index in [1.807, 2.05) is 6.92 Å². The van der Waals surface area contributed by atoms with Crippen molar-refractivity contribution in [3.8, 4) is 0 Å². The predicted molar refractivity (Wildman–Crippen MR) is 53.6 cm³/mol. The normalized spacial score (nSPS) is 10.0. The number of carbonyl (C=O) groups excluding carboxylic acids is 1. The Hall–Kier alpha value is -0.570. The lowest BCUT2D eigenvalue weighted by molar-refractivity contribution is -0.121. The molecule has 1 amide bonds. The van der Waals surface area contributed by atoms with Crippen molar-refractivity contribution in [2.75, 3.05) is 19.8 Å². The highest BCUT2D eigenvalue weighted by Crippen LogP contribution is 1.92. The summed E-state index contributed by atoms with van der Waals surface area (Å²) in [6.07, 6.45) is 3.63. The van der Waals surface area contributed by atoms with Gasteiger partial charge in [-0.1, -0.05) is 13.3 Å². The van der Waals surface area contributed by atoms with Gasteiger partial charge in [-0.3, -0.25) is 4.79 Å². The van der Waals surface area contributed by atoms with E-state index in [9.17, 15) is 4.79 Å². The van der Waals surface area contributed by atoms with Crippen molar-refractivity contribution in [3.63, 3.8) is 0 Å². The minimum absolute atomic E-state index is 0.165. The lowest BCUT2D eigenvalue weighted by atomic mass is 10.2. The highest BCUT2D eigenvalue weighted by molar-refractivity contribution is 5.75. The molecule has 0 fully saturated rings. The van der Waals surface area contributed by atoms with Crippen LogP contribution in [0.3, 0.4) is 0 Å². The van der Waals surface area contributed by atoms with E-state index in [0.29, 0.717) is 6.42 Å². The van der Waals surface area contributed by atoms with Crippen LogP contribution < -0.4 is 5.32 Å². The molecule has 0 unspecified atom stereocenters. The van der Waals surface area contributed by atoms with Crippen LogP contribution in [0.4, 0.5) is 0 Å². The quantitative estimate of drug-likeness (QED) is 0.588. The predicted octanol–water partition coefficient (Wildman–Crippen LogP) is 1.72. The number of hydrogen-bond acceptors (Lipinski definition) is 2. The minimum Gasteiger partial charge on any atom is -0.382 e. The van der Waals surface area contributed by atoms with Gasteiger partial charge in [0.25, 0.3) is 0 Å². The van der Waals surface area contributed by atoms with E-state index in [2.05, 4.69) is 12.2 Å². The van der Waals surface area contributed by atoms with Crippen molar-refractivity contribution < 1.29 is 9.53 Å². The van der Waals surface area contributed by atoms with Crippen LogP contribution in [0.2, 0.25) is 0 Å². The van der Waals surface area contributed by atoms with E-state index in [4.69, 9.17) is 4.74 Å². The fourth-order valence-corrected chi connectivity index (χ4v) is 0.972. The van der Waals surface area contributed by atoms with Gasteiger partial charge in [0.05, 0.1) is 0 Å². The number of amides is 1. The van der Waals surface area contributed by atoms with Crippen molar-refractivity contribution in [2.45, 2.75) is 39.5 Å². The smallest absolute Gasteiger partial charge is 0.219 e. The first-order valence-corrected chi connectivity index (χ1v) is 5.15. The second kappa shape index (κ2) is 9.52. The van der Waals surface area contributed by atoms with Crippen molar-refractivity contribution >= 4 is 5.91 Å². The number of carbonyl (C=O) groups is 1. The van der Waals surface area contributed by atoms with Gasteiger partial charge in [0, 0.05) is 26.2 Å². The average molecular weight is 187 g/mol. The van der Waals surface area contributed by atoms with E-state index < -0.39 is 0 Å². The first kappa shape index (κ1) is 12.4. The Kier molecular flexibility index (Phi) is 9.10. The maximum Gasteiger partial charge on any atom is 0.219 e. The zero-order valence-electron chi connectivity index (χ0n) is 8.77. The largest absolute Gasteiger partial charge is 0.382 e. The Morgan fingerprint density at radius 3 is 2.69 bits per heavy atom. The molecule has 0 saturated heterocycles. The van der Waals surface area contributed by atoms with E-state index in [-0.39, 0.29) is 5.91 Å². The lowest BCUT2D eigenvalue weighted by Crippen LogP contribution is -2.24. The maximum atomic E-state index is 11.1. The molecule has 0 aromatic heterocycles. The highest BCUT2D eigenvalue weighted by atomic mass is 16.5. The molecule has 0 aliphatic rings. The number of unbranched alkanes of at least 4 members (excludes halogenated alkanes) is 1. The van der Waals surface area contributed by atoms with E-state index in [1.54, 1.807) is 0 Å². The van der Waals surface area contributed by atoms with E-state index in [0.717, 1.165) is 39.0 Å². The Labute approximate surface area is 80.8 Å². The molecule has 0 saturated carbocycles. The third-order valence-electron chi connectivity index (χ3n) is 1.75. The molecule has 13 heavy (non-hydrogen) atoms. The number of hydrogen-bond donors (Lipinski definition) is 1. The summed E-state index contributed by atoms with van der Waals surface area (Å²) < 4.78 is 5.15.